The van der Waals surface area contributed by atoms with E-state index in [0.717, 1.165) is 16.7 Å². The lowest BCUT2D eigenvalue weighted by molar-refractivity contribution is -0.243. The van der Waals surface area contributed by atoms with Crippen molar-refractivity contribution in [3.05, 3.63) is 89.2 Å². The topological polar surface area (TPSA) is 144 Å². The van der Waals surface area contributed by atoms with Crippen LogP contribution in [0.1, 0.15) is 35.5 Å². The molecule has 5 atom stereocenters. The summed E-state index contributed by atoms with van der Waals surface area (Å²) in [5.74, 6) is 0.916. The normalized spacial score (nSPS) is 22.4. The van der Waals surface area contributed by atoms with Gasteiger partial charge in [0.05, 0.1) is 25.1 Å². The number of rotatable bonds is 10. The first-order valence-corrected chi connectivity index (χ1v) is 13.5. The molecular weight excluding hydrogens is 526 g/mol. The zero-order valence-corrected chi connectivity index (χ0v) is 23.2. The van der Waals surface area contributed by atoms with Gasteiger partial charge in [0.2, 0.25) is 11.8 Å². The summed E-state index contributed by atoms with van der Waals surface area (Å²) in [6.07, 6.45) is -3.85. The van der Waals surface area contributed by atoms with Crippen LogP contribution in [0.2, 0.25) is 0 Å². The molecule has 0 bridgehead atoms. The van der Waals surface area contributed by atoms with Gasteiger partial charge in [0.25, 0.3) is 0 Å². The molecule has 2 aromatic carbocycles. The minimum Gasteiger partial charge on any atom is -0.481 e. The van der Waals surface area contributed by atoms with Crippen LogP contribution in [0.4, 0.5) is 0 Å². The van der Waals surface area contributed by atoms with Crippen LogP contribution in [0, 0.1) is 6.92 Å². The van der Waals surface area contributed by atoms with Gasteiger partial charge in [-0.2, -0.15) is 4.98 Å². The second-order valence-electron chi connectivity index (χ2n) is 10.1. The molecule has 216 valence electrons. The molecule has 41 heavy (non-hydrogen) atoms. The number of nitrogens with zero attached hydrogens (tertiary/aromatic N) is 4. The van der Waals surface area contributed by atoms with E-state index in [-0.39, 0.29) is 0 Å². The number of methoxy groups -OCH3 is 1. The number of ether oxygens (including phenoxy) is 3. The summed E-state index contributed by atoms with van der Waals surface area (Å²) in [7, 11) is 1.57. The molecule has 4 aromatic rings. The summed E-state index contributed by atoms with van der Waals surface area (Å²) in [6, 6.07) is 20.2. The van der Waals surface area contributed by atoms with E-state index in [1.165, 1.54) is 15.8 Å². The Morgan fingerprint density at radius 1 is 0.927 bits per heavy atom. The third-order valence-corrected chi connectivity index (χ3v) is 7.28. The summed E-state index contributed by atoms with van der Waals surface area (Å²) in [4.78, 5) is 4.53. The molecule has 4 N–H and O–H groups in total. The average Bonchev–Trinajstić information content (AvgIpc) is 3.47. The third kappa shape index (κ3) is 6.39. The Kier molecular flexibility index (Phi) is 8.91. The van der Waals surface area contributed by atoms with Crippen LogP contribution >= 0.6 is 0 Å². The Balaban J connectivity index is 1.17. The van der Waals surface area contributed by atoms with Gasteiger partial charge >= 0.3 is 0 Å². The van der Waals surface area contributed by atoms with Gasteiger partial charge in [0, 0.05) is 24.7 Å². The molecule has 0 unspecified atom stereocenters. The molecule has 1 saturated heterocycles. The van der Waals surface area contributed by atoms with Crippen molar-refractivity contribution in [3.63, 3.8) is 0 Å². The van der Waals surface area contributed by atoms with Crippen molar-refractivity contribution >= 4 is 0 Å². The Morgan fingerprint density at radius 2 is 1.73 bits per heavy atom. The molecule has 1 aliphatic rings. The van der Waals surface area contributed by atoms with E-state index >= 15 is 0 Å². The van der Waals surface area contributed by atoms with Gasteiger partial charge in [0.15, 0.2) is 6.23 Å². The van der Waals surface area contributed by atoms with E-state index in [0.29, 0.717) is 37.2 Å². The molecule has 11 heteroatoms. The van der Waals surface area contributed by atoms with Crippen LogP contribution in [-0.2, 0) is 24.4 Å². The second kappa shape index (κ2) is 12.8. The summed E-state index contributed by atoms with van der Waals surface area (Å²) in [5, 5.41) is 41.7. The summed E-state index contributed by atoms with van der Waals surface area (Å²) < 4.78 is 18.5. The van der Waals surface area contributed by atoms with E-state index < -0.39 is 30.6 Å². The fraction of sp³-hybridized carbons (Fsp3) is 0.367. The van der Waals surface area contributed by atoms with Crippen molar-refractivity contribution in [1.82, 2.24) is 25.3 Å². The molecule has 11 nitrogen and oxygen atoms in total. The molecule has 3 heterocycles. The average molecular weight is 562 g/mol. The Labute approximate surface area is 238 Å². The molecule has 0 spiro atoms. The van der Waals surface area contributed by atoms with Gasteiger partial charge in [-0.05, 0) is 42.2 Å². The maximum absolute atomic E-state index is 10.3. The maximum Gasteiger partial charge on any atom is 0.220 e. The highest BCUT2D eigenvalue weighted by Gasteiger charge is 2.43. The highest BCUT2D eigenvalue weighted by atomic mass is 16.5. The van der Waals surface area contributed by atoms with Crippen LogP contribution in [0.3, 0.4) is 0 Å². The molecule has 0 amide bonds. The molecule has 2 aromatic heterocycles. The van der Waals surface area contributed by atoms with E-state index in [1.54, 1.807) is 20.2 Å². The lowest BCUT2D eigenvalue weighted by atomic mass is 9.97. The fourth-order valence-electron chi connectivity index (χ4n) is 4.86. The highest BCUT2D eigenvalue weighted by molar-refractivity contribution is 5.68. The van der Waals surface area contributed by atoms with Gasteiger partial charge in [0.1, 0.15) is 24.9 Å². The summed E-state index contributed by atoms with van der Waals surface area (Å²) >= 11 is 0. The van der Waals surface area contributed by atoms with Gasteiger partial charge < -0.3 is 34.8 Å². The lowest BCUT2D eigenvalue weighted by Gasteiger charge is -2.38. The standard InChI is InChI=1S/C30H35N5O6/c1-18-22(10-7-11-24(18)20-8-5-4-6-9-20)17-40-25-13-12-21(29(32-25)39-3)14-31-15-23-16-35(34-33-23)30-28(38)27(37)26(36)19(2)41-30/h4-13,16,19,26-28,30-31,36-38H,14-15,17H2,1-3H3/t19-,26+,27+,28-,30-/m0/s1. The Hall–Kier alpha value is -3.87. The van der Waals surface area contributed by atoms with Gasteiger partial charge in [-0.1, -0.05) is 53.7 Å². The number of aliphatic hydroxyl groups excluding tert-OH is 3. The Morgan fingerprint density at radius 3 is 2.51 bits per heavy atom. The first-order valence-electron chi connectivity index (χ1n) is 13.5. The van der Waals surface area contributed by atoms with Crippen molar-refractivity contribution in [3.8, 4) is 22.9 Å². The quantitative estimate of drug-likeness (QED) is 0.228. The van der Waals surface area contributed by atoms with Crippen LogP contribution in [-0.4, -0.2) is 66.8 Å². The first-order chi connectivity index (χ1) is 19.9. The maximum atomic E-state index is 10.3. The van der Waals surface area contributed by atoms with Gasteiger partial charge in [-0.25, -0.2) is 4.68 Å². The number of benzene rings is 2. The lowest BCUT2D eigenvalue weighted by Crippen LogP contribution is -2.54. The highest BCUT2D eigenvalue weighted by Crippen LogP contribution is 2.28. The van der Waals surface area contributed by atoms with Crippen molar-refractivity contribution < 1.29 is 29.5 Å². The SMILES string of the molecule is COc1nc(OCc2cccc(-c3ccccc3)c2C)ccc1CNCc1cn([C@H]2O[C@@H](C)[C@@H](O)[C@@H](O)[C@@H]2O)nn1. The molecular formula is C30H35N5O6. The van der Waals surface area contributed by atoms with Crippen molar-refractivity contribution in [2.75, 3.05) is 7.11 Å². The van der Waals surface area contributed by atoms with Crippen LogP contribution in [0.5, 0.6) is 11.8 Å². The molecule has 0 radical (unpaired) electrons. The Bertz CT molecular complexity index is 1450. The number of hydrogen-bond acceptors (Lipinski definition) is 10. The van der Waals surface area contributed by atoms with Crippen molar-refractivity contribution in [2.45, 2.75) is 64.2 Å². The van der Waals surface area contributed by atoms with Crippen molar-refractivity contribution in [1.29, 1.82) is 0 Å². The monoisotopic (exact) mass is 561 g/mol. The van der Waals surface area contributed by atoms with Crippen molar-refractivity contribution in [2.24, 2.45) is 0 Å². The minimum absolute atomic E-state index is 0.377. The molecule has 1 aliphatic heterocycles. The smallest absolute Gasteiger partial charge is 0.220 e. The third-order valence-electron chi connectivity index (χ3n) is 7.28. The van der Waals surface area contributed by atoms with Crippen LogP contribution in [0.25, 0.3) is 11.1 Å². The van der Waals surface area contributed by atoms with Crippen LogP contribution in [0.15, 0.2) is 66.9 Å². The molecule has 1 fully saturated rings. The van der Waals surface area contributed by atoms with E-state index in [2.05, 4.69) is 51.8 Å². The van der Waals surface area contributed by atoms with E-state index in [1.807, 2.05) is 36.4 Å². The number of aliphatic hydroxyl groups is 3. The predicted molar refractivity (Wildman–Crippen MR) is 150 cm³/mol. The fourth-order valence-corrected chi connectivity index (χ4v) is 4.86. The summed E-state index contributed by atoms with van der Waals surface area (Å²) in [5.41, 5.74) is 6.03. The first kappa shape index (κ1) is 28.7. The number of pyridine rings is 1. The summed E-state index contributed by atoms with van der Waals surface area (Å²) in [6.45, 7) is 4.92. The van der Waals surface area contributed by atoms with E-state index in [4.69, 9.17) is 14.2 Å². The second-order valence-corrected chi connectivity index (χ2v) is 10.1. The van der Waals surface area contributed by atoms with Crippen LogP contribution < -0.4 is 14.8 Å². The van der Waals surface area contributed by atoms with Gasteiger partial charge in [-0.3, -0.25) is 0 Å². The molecule has 0 aliphatic carbocycles. The predicted octanol–water partition coefficient (Wildman–Crippen LogP) is 2.53. The largest absolute Gasteiger partial charge is 0.481 e. The number of nitrogens with one attached hydrogen (secondary N) is 1. The van der Waals surface area contributed by atoms with E-state index in [9.17, 15) is 15.3 Å². The molecule has 5 rings (SSSR count). The minimum atomic E-state index is -1.34. The zero-order valence-electron chi connectivity index (χ0n) is 23.2. The van der Waals surface area contributed by atoms with Gasteiger partial charge in [-0.15, -0.1) is 5.10 Å². The number of aromatic nitrogens is 4. The number of hydrogen-bond donors (Lipinski definition) is 4. The molecule has 0 saturated carbocycles. The zero-order chi connectivity index (χ0) is 28.9.